The zero-order valence-electron chi connectivity index (χ0n) is 10.1. The van der Waals surface area contributed by atoms with Crippen LogP contribution in [0, 0.1) is 22.7 Å². The van der Waals surface area contributed by atoms with Crippen molar-refractivity contribution in [3.05, 3.63) is 0 Å². The van der Waals surface area contributed by atoms with E-state index in [1.54, 1.807) is 6.92 Å². The van der Waals surface area contributed by atoms with Gasteiger partial charge in [-0.1, -0.05) is 13.8 Å². The van der Waals surface area contributed by atoms with Crippen LogP contribution >= 0.6 is 0 Å². The molecule has 0 spiro atoms. The quantitative estimate of drug-likeness (QED) is 0.672. The summed E-state index contributed by atoms with van der Waals surface area (Å²) >= 11 is 0. The smallest absolute Gasteiger partial charge is 0.269 e. The number of hydrogen-bond acceptors (Lipinski definition) is 4. The van der Waals surface area contributed by atoms with E-state index in [1.165, 1.54) is 0 Å². The Bertz CT molecular complexity index is 377. The summed E-state index contributed by atoms with van der Waals surface area (Å²) in [6, 6.07) is 2.08. The Kier molecular flexibility index (Phi) is 3.97. The minimum absolute atomic E-state index is 0.0381. The molecule has 0 N–H and O–H groups in total. The van der Waals surface area contributed by atoms with Crippen molar-refractivity contribution < 1.29 is 12.6 Å². The molecule has 0 saturated heterocycles. The molecule has 1 atom stereocenters. The van der Waals surface area contributed by atoms with E-state index in [1.807, 2.05) is 13.8 Å². The van der Waals surface area contributed by atoms with Gasteiger partial charge in [0.2, 0.25) is 0 Å². The lowest BCUT2D eigenvalue weighted by molar-refractivity contribution is 0.236. The predicted molar refractivity (Wildman–Crippen MR) is 61.1 cm³/mol. The van der Waals surface area contributed by atoms with Gasteiger partial charge in [0.15, 0.2) is 0 Å². The van der Waals surface area contributed by atoms with Crippen LogP contribution in [0.1, 0.15) is 40.0 Å². The molecule has 0 bridgehead atoms. The lowest BCUT2D eigenvalue weighted by atomic mass is 10.1. The molecule has 1 unspecified atom stereocenters. The maximum Gasteiger partial charge on any atom is 0.270 e. The zero-order valence-corrected chi connectivity index (χ0v) is 10.9. The highest BCUT2D eigenvalue weighted by atomic mass is 32.2. The molecule has 4 nitrogen and oxygen atoms in total. The average molecular weight is 245 g/mol. The molecule has 1 aliphatic rings. The van der Waals surface area contributed by atoms with Crippen molar-refractivity contribution in [2.45, 2.75) is 45.3 Å². The molecule has 0 aliphatic heterocycles. The summed E-state index contributed by atoms with van der Waals surface area (Å²) in [5.41, 5.74) is -0.182. The summed E-state index contributed by atoms with van der Waals surface area (Å²) in [6.07, 6.45) is 2.18. The molecule has 0 heterocycles. The van der Waals surface area contributed by atoms with Crippen molar-refractivity contribution in [1.82, 2.24) is 0 Å². The summed E-state index contributed by atoms with van der Waals surface area (Å²) in [4.78, 5) is 0. The van der Waals surface area contributed by atoms with E-state index in [0.717, 1.165) is 12.8 Å². The van der Waals surface area contributed by atoms with Gasteiger partial charge in [-0.25, -0.2) is 0 Å². The van der Waals surface area contributed by atoms with Gasteiger partial charge in [-0.15, -0.1) is 0 Å². The molecule has 1 saturated carbocycles. The van der Waals surface area contributed by atoms with Crippen molar-refractivity contribution in [1.29, 1.82) is 5.26 Å². The van der Waals surface area contributed by atoms with Crippen molar-refractivity contribution in [2.24, 2.45) is 11.3 Å². The SMILES string of the molecule is CC(C)C(C)S(=O)(=O)OCC1(CC#N)CC1. The van der Waals surface area contributed by atoms with Crippen LogP contribution < -0.4 is 0 Å². The first-order valence-corrected chi connectivity index (χ1v) is 7.05. The van der Waals surface area contributed by atoms with E-state index >= 15 is 0 Å². The van der Waals surface area contributed by atoms with Crippen LogP contribution in [0.25, 0.3) is 0 Å². The van der Waals surface area contributed by atoms with Gasteiger partial charge in [-0.2, -0.15) is 13.7 Å². The van der Waals surface area contributed by atoms with Gasteiger partial charge in [-0.3, -0.25) is 4.18 Å². The molecule has 0 aromatic rings. The second kappa shape index (κ2) is 4.72. The third-order valence-electron chi connectivity index (χ3n) is 3.33. The molecule has 1 aliphatic carbocycles. The molecule has 1 fully saturated rings. The van der Waals surface area contributed by atoms with E-state index in [-0.39, 0.29) is 17.9 Å². The Labute approximate surface area is 97.7 Å². The van der Waals surface area contributed by atoms with E-state index in [0.29, 0.717) is 6.42 Å². The maximum atomic E-state index is 11.7. The molecular weight excluding hydrogens is 226 g/mol. The first kappa shape index (κ1) is 13.5. The molecule has 0 aromatic carbocycles. The first-order valence-electron chi connectivity index (χ1n) is 5.58. The van der Waals surface area contributed by atoms with Crippen LogP contribution in [0.15, 0.2) is 0 Å². The fraction of sp³-hybridized carbons (Fsp3) is 0.909. The number of nitriles is 1. The molecule has 0 aromatic heterocycles. The van der Waals surface area contributed by atoms with E-state index in [9.17, 15) is 8.42 Å². The Balaban J connectivity index is 2.52. The maximum absolute atomic E-state index is 11.7. The van der Waals surface area contributed by atoms with E-state index < -0.39 is 15.4 Å². The minimum atomic E-state index is -3.48. The Morgan fingerprint density at radius 2 is 1.94 bits per heavy atom. The van der Waals surface area contributed by atoms with Gasteiger partial charge in [-0.05, 0) is 25.7 Å². The van der Waals surface area contributed by atoms with Gasteiger partial charge in [0, 0.05) is 11.8 Å². The van der Waals surface area contributed by atoms with Crippen LogP contribution in [0.4, 0.5) is 0 Å². The summed E-state index contributed by atoms with van der Waals surface area (Å²) in [5, 5.41) is 8.12. The first-order chi connectivity index (χ1) is 7.33. The second-order valence-corrected chi connectivity index (χ2v) is 7.00. The van der Waals surface area contributed by atoms with Gasteiger partial charge in [0.1, 0.15) is 0 Å². The van der Waals surface area contributed by atoms with Crippen molar-refractivity contribution in [3.63, 3.8) is 0 Å². The zero-order chi connectivity index (χ0) is 12.4. The standard InChI is InChI=1S/C11H19NO3S/c1-9(2)10(3)16(13,14)15-8-11(4-5-11)6-7-12/h9-10H,4-6,8H2,1-3H3. The van der Waals surface area contributed by atoms with Gasteiger partial charge in [0.05, 0.1) is 17.9 Å². The van der Waals surface area contributed by atoms with E-state index in [4.69, 9.17) is 9.44 Å². The van der Waals surface area contributed by atoms with Crippen molar-refractivity contribution >= 4 is 10.1 Å². The summed E-state index contributed by atoms with van der Waals surface area (Å²) in [6.45, 7) is 5.53. The highest BCUT2D eigenvalue weighted by Crippen LogP contribution is 2.49. The normalized spacial score (nSPS) is 20.4. The lowest BCUT2D eigenvalue weighted by Crippen LogP contribution is -2.27. The average Bonchev–Trinajstić information content (AvgIpc) is 2.95. The summed E-state index contributed by atoms with van der Waals surface area (Å²) in [5.74, 6) is 0.0381. The Morgan fingerprint density at radius 1 is 1.38 bits per heavy atom. The molecule has 5 heteroatoms. The third kappa shape index (κ3) is 3.19. The Hall–Kier alpha value is -0.600. The third-order valence-corrected chi connectivity index (χ3v) is 5.24. The molecule has 16 heavy (non-hydrogen) atoms. The Morgan fingerprint density at radius 3 is 2.31 bits per heavy atom. The van der Waals surface area contributed by atoms with Gasteiger partial charge >= 0.3 is 0 Å². The summed E-state index contributed by atoms with van der Waals surface area (Å²) < 4.78 is 28.5. The minimum Gasteiger partial charge on any atom is -0.269 e. The van der Waals surface area contributed by atoms with Crippen LogP contribution in [-0.2, 0) is 14.3 Å². The monoisotopic (exact) mass is 245 g/mol. The summed E-state index contributed by atoms with van der Waals surface area (Å²) in [7, 11) is -3.48. The fourth-order valence-electron chi connectivity index (χ4n) is 1.36. The van der Waals surface area contributed by atoms with Gasteiger partial charge in [0.25, 0.3) is 10.1 Å². The highest BCUT2D eigenvalue weighted by Gasteiger charge is 2.44. The highest BCUT2D eigenvalue weighted by molar-refractivity contribution is 7.87. The lowest BCUT2D eigenvalue weighted by Gasteiger charge is -2.18. The van der Waals surface area contributed by atoms with Crippen molar-refractivity contribution in [3.8, 4) is 6.07 Å². The number of rotatable bonds is 6. The molecule has 0 amide bonds. The van der Waals surface area contributed by atoms with Gasteiger partial charge < -0.3 is 0 Å². The molecule has 0 radical (unpaired) electrons. The predicted octanol–water partition coefficient (Wildman–Crippen LogP) is 2.07. The topological polar surface area (TPSA) is 67.2 Å². The van der Waals surface area contributed by atoms with Crippen LogP contribution in [0.2, 0.25) is 0 Å². The second-order valence-electron chi connectivity index (χ2n) is 5.04. The van der Waals surface area contributed by atoms with Crippen LogP contribution in [0.3, 0.4) is 0 Å². The fourth-order valence-corrected chi connectivity index (χ4v) is 2.66. The number of hydrogen-bond donors (Lipinski definition) is 0. The van der Waals surface area contributed by atoms with Crippen LogP contribution in [-0.4, -0.2) is 20.3 Å². The molecule has 1 rings (SSSR count). The van der Waals surface area contributed by atoms with Crippen LogP contribution in [0.5, 0.6) is 0 Å². The van der Waals surface area contributed by atoms with E-state index in [2.05, 4.69) is 6.07 Å². The molecular formula is C11H19NO3S. The number of nitrogens with zero attached hydrogens (tertiary/aromatic N) is 1. The van der Waals surface area contributed by atoms with Crippen molar-refractivity contribution in [2.75, 3.05) is 6.61 Å². The molecule has 92 valence electrons. The largest absolute Gasteiger partial charge is 0.270 e.